The molecule has 0 bridgehead atoms. The molecule has 0 spiro atoms. The van der Waals surface area contributed by atoms with E-state index in [2.05, 4.69) is 10.1 Å². The molecule has 0 radical (unpaired) electrons. The number of amides is 1. The molecule has 2 aromatic heterocycles. The smallest absolute Gasteiger partial charge is 0.434 e. The zero-order valence-electron chi connectivity index (χ0n) is 14.1. The van der Waals surface area contributed by atoms with E-state index in [1.54, 1.807) is 19.9 Å². The van der Waals surface area contributed by atoms with Gasteiger partial charge in [0.05, 0.1) is 5.69 Å². The van der Waals surface area contributed by atoms with Crippen LogP contribution in [0.1, 0.15) is 27.2 Å². The highest BCUT2D eigenvalue weighted by atomic mass is 32.1. The standard InChI is InChI=1S/C16H14F3N5O2S/c1-6-3-4-8(25)7(2)12(6)24-13(20)10(14(21)26)11(23-24)15-22-9(5-27-15)16(17,18)19/h3-5,25H,20H2,1-2H3,(H2,21,26). The Balaban J connectivity index is 2.27. The first-order valence-electron chi connectivity index (χ1n) is 7.53. The molecule has 11 heteroatoms. The number of halogens is 3. The molecule has 7 nitrogen and oxygen atoms in total. The molecule has 0 saturated carbocycles. The van der Waals surface area contributed by atoms with Crippen LogP contribution in [-0.2, 0) is 6.18 Å². The summed E-state index contributed by atoms with van der Waals surface area (Å²) in [6, 6.07) is 3.10. The van der Waals surface area contributed by atoms with Crippen LogP contribution in [-0.4, -0.2) is 25.8 Å². The predicted octanol–water partition coefficient (Wildman–Crippen LogP) is 3.02. The van der Waals surface area contributed by atoms with Crippen molar-refractivity contribution in [1.29, 1.82) is 0 Å². The van der Waals surface area contributed by atoms with Crippen LogP contribution in [0.25, 0.3) is 16.4 Å². The van der Waals surface area contributed by atoms with E-state index in [4.69, 9.17) is 11.5 Å². The van der Waals surface area contributed by atoms with Gasteiger partial charge in [-0.15, -0.1) is 11.3 Å². The summed E-state index contributed by atoms with van der Waals surface area (Å²) < 4.78 is 39.7. The van der Waals surface area contributed by atoms with E-state index < -0.39 is 17.8 Å². The van der Waals surface area contributed by atoms with E-state index in [0.29, 0.717) is 28.2 Å². The Morgan fingerprint density at radius 2 is 1.96 bits per heavy atom. The first-order chi connectivity index (χ1) is 12.5. The monoisotopic (exact) mass is 397 g/mol. The van der Waals surface area contributed by atoms with Crippen LogP contribution in [0.4, 0.5) is 19.0 Å². The van der Waals surface area contributed by atoms with Gasteiger partial charge in [0.25, 0.3) is 5.91 Å². The van der Waals surface area contributed by atoms with Gasteiger partial charge in [-0.05, 0) is 25.5 Å². The van der Waals surface area contributed by atoms with E-state index in [1.807, 2.05) is 0 Å². The van der Waals surface area contributed by atoms with E-state index in [-0.39, 0.29) is 27.8 Å². The second kappa shape index (κ2) is 6.27. The third kappa shape index (κ3) is 3.10. The minimum Gasteiger partial charge on any atom is -0.508 e. The first-order valence-corrected chi connectivity index (χ1v) is 8.41. The topological polar surface area (TPSA) is 120 Å². The number of aryl methyl sites for hydroxylation is 1. The number of nitrogens with zero attached hydrogens (tertiary/aromatic N) is 3. The molecular formula is C16H14F3N5O2S. The number of nitrogen functional groups attached to an aromatic ring is 1. The van der Waals surface area contributed by atoms with Crippen LogP contribution in [0.3, 0.4) is 0 Å². The molecule has 142 valence electrons. The molecular weight excluding hydrogens is 383 g/mol. The third-order valence-corrected chi connectivity index (χ3v) is 4.83. The molecule has 1 amide bonds. The maximum Gasteiger partial charge on any atom is 0.434 e. The molecule has 27 heavy (non-hydrogen) atoms. The van der Waals surface area contributed by atoms with Gasteiger partial charge in [0.2, 0.25) is 0 Å². The average Bonchev–Trinajstić information content (AvgIpc) is 3.16. The molecule has 0 aliphatic heterocycles. The zero-order chi connectivity index (χ0) is 20.1. The maximum absolute atomic E-state index is 12.9. The molecule has 3 rings (SSSR count). The van der Waals surface area contributed by atoms with Gasteiger partial charge in [0.15, 0.2) is 5.69 Å². The number of primary amides is 1. The van der Waals surface area contributed by atoms with Crippen molar-refractivity contribution in [2.75, 3.05) is 5.73 Å². The van der Waals surface area contributed by atoms with Crippen LogP contribution < -0.4 is 11.5 Å². The van der Waals surface area contributed by atoms with Gasteiger partial charge in [-0.1, -0.05) is 6.07 Å². The summed E-state index contributed by atoms with van der Waals surface area (Å²) in [4.78, 5) is 15.4. The molecule has 0 saturated heterocycles. The summed E-state index contributed by atoms with van der Waals surface area (Å²) in [7, 11) is 0. The largest absolute Gasteiger partial charge is 0.508 e. The Morgan fingerprint density at radius 1 is 1.30 bits per heavy atom. The molecule has 0 aliphatic rings. The predicted molar refractivity (Wildman–Crippen MR) is 93.7 cm³/mol. The van der Waals surface area contributed by atoms with E-state index in [1.165, 1.54) is 10.7 Å². The van der Waals surface area contributed by atoms with Crippen LogP contribution in [0, 0.1) is 13.8 Å². The first kappa shape index (κ1) is 18.7. The number of aromatic hydroxyl groups is 1. The Bertz CT molecular complexity index is 1060. The lowest BCUT2D eigenvalue weighted by atomic mass is 10.1. The van der Waals surface area contributed by atoms with Crippen LogP contribution >= 0.6 is 11.3 Å². The minimum atomic E-state index is -4.63. The van der Waals surface area contributed by atoms with Gasteiger partial charge >= 0.3 is 6.18 Å². The molecule has 0 atom stereocenters. The van der Waals surface area contributed by atoms with Gasteiger partial charge in [-0.3, -0.25) is 4.79 Å². The number of hydrogen-bond acceptors (Lipinski definition) is 6. The van der Waals surface area contributed by atoms with Crippen molar-refractivity contribution in [3.63, 3.8) is 0 Å². The fourth-order valence-corrected chi connectivity index (χ4v) is 3.47. The number of aromatic nitrogens is 3. The summed E-state index contributed by atoms with van der Waals surface area (Å²) in [5, 5.41) is 14.8. The Morgan fingerprint density at radius 3 is 2.52 bits per heavy atom. The van der Waals surface area contributed by atoms with Crippen molar-refractivity contribution < 1.29 is 23.1 Å². The van der Waals surface area contributed by atoms with Crippen LogP contribution in [0.5, 0.6) is 5.75 Å². The Hall–Kier alpha value is -3.08. The lowest BCUT2D eigenvalue weighted by Gasteiger charge is -2.12. The highest BCUT2D eigenvalue weighted by Gasteiger charge is 2.35. The SMILES string of the molecule is Cc1ccc(O)c(C)c1-n1nc(-c2nc(C(F)(F)F)cs2)c(C(N)=O)c1N. The molecule has 0 fully saturated rings. The highest BCUT2D eigenvalue weighted by molar-refractivity contribution is 7.13. The lowest BCUT2D eigenvalue weighted by Crippen LogP contribution is -2.14. The normalized spacial score (nSPS) is 11.7. The lowest BCUT2D eigenvalue weighted by molar-refractivity contribution is -0.140. The van der Waals surface area contributed by atoms with Gasteiger partial charge < -0.3 is 16.6 Å². The van der Waals surface area contributed by atoms with E-state index in [9.17, 15) is 23.1 Å². The number of phenolic OH excluding ortho intramolecular Hbond substituents is 1. The van der Waals surface area contributed by atoms with Gasteiger partial charge in [0.1, 0.15) is 27.8 Å². The fourth-order valence-electron chi connectivity index (χ4n) is 2.66. The Labute approximate surface area is 155 Å². The van der Waals surface area contributed by atoms with Crippen molar-refractivity contribution >= 4 is 23.1 Å². The maximum atomic E-state index is 12.9. The van der Waals surface area contributed by atoms with Crippen molar-refractivity contribution in [1.82, 2.24) is 14.8 Å². The number of benzene rings is 1. The number of anilines is 1. The molecule has 0 aliphatic carbocycles. The number of rotatable bonds is 3. The van der Waals surface area contributed by atoms with Crippen molar-refractivity contribution in [2.45, 2.75) is 20.0 Å². The van der Waals surface area contributed by atoms with Crippen LogP contribution in [0.2, 0.25) is 0 Å². The number of alkyl halides is 3. The number of hydrogen-bond donors (Lipinski definition) is 3. The zero-order valence-corrected chi connectivity index (χ0v) is 14.9. The number of thiazole rings is 1. The number of nitrogens with two attached hydrogens (primary N) is 2. The van der Waals surface area contributed by atoms with Crippen molar-refractivity contribution in [2.24, 2.45) is 5.73 Å². The Kier molecular flexibility index (Phi) is 4.34. The number of carbonyl (C=O) groups excluding carboxylic acids is 1. The summed E-state index contributed by atoms with van der Waals surface area (Å²) in [6.45, 7) is 3.35. The number of phenols is 1. The summed E-state index contributed by atoms with van der Waals surface area (Å²) in [6.07, 6.45) is -4.63. The quantitative estimate of drug-likeness (QED) is 0.627. The van der Waals surface area contributed by atoms with Crippen molar-refractivity contribution in [3.8, 4) is 22.1 Å². The minimum absolute atomic E-state index is 0.0266. The van der Waals surface area contributed by atoms with Crippen LogP contribution in [0.15, 0.2) is 17.5 Å². The molecule has 2 heterocycles. The molecule has 3 aromatic rings. The summed E-state index contributed by atoms with van der Waals surface area (Å²) in [5.74, 6) is -1.13. The second-order valence-electron chi connectivity index (χ2n) is 5.80. The van der Waals surface area contributed by atoms with E-state index >= 15 is 0 Å². The third-order valence-electron chi connectivity index (χ3n) is 3.98. The van der Waals surface area contributed by atoms with Gasteiger partial charge in [-0.2, -0.15) is 18.3 Å². The summed E-state index contributed by atoms with van der Waals surface area (Å²) >= 11 is 0.670. The van der Waals surface area contributed by atoms with Gasteiger partial charge in [0, 0.05) is 10.9 Å². The fraction of sp³-hybridized carbons (Fsp3) is 0.188. The molecule has 1 aromatic carbocycles. The van der Waals surface area contributed by atoms with E-state index in [0.717, 1.165) is 5.38 Å². The molecule has 0 unspecified atom stereocenters. The van der Waals surface area contributed by atoms with Gasteiger partial charge in [-0.25, -0.2) is 9.67 Å². The van der Waals surface area contributed by atoms with Crippen molar-refractivity contribution in [3.05, 3.63) is 39.9 Å². The average molecular weight is 397 g/mol. The summed E-state index contributed by atoms with van der Waals surface area (Å²) in [5.41, 5.74) is 11.4. The molecule has 5 N–H and O–H groups in total. The second-order valence-corrected chi connectivity index (χ2v) is 6.65. The number of carbonyl (C=O) groups is 1. The highest BCUT2D eigenvalue weighted by Crippen LogP contribution is 2.37.